The van der Waals surface area contributed by atoms with E-state index < -0.39 is 0 Å². The van der Waals surface area contributed by atoms with Crippen molar-refractivity contribution in [1.82, 2.24) is 25.7 Å². The Morgan fingerprint density at radius 2 is 1.65 bits per heavy atom. The largest absolute Gasteiger partial charge is 0.367 e. The molecule has 0 aliphatic heterocycles. The lowest BCUT2D eigenvalue weighted by atomic mass is 10.1. The summed E-state index contributed by atoms with van der Waals surface area (Å²) in [6.45, 7) is 0.924. The number of aromatic nitrogens is 4. The quantitative estimate of drug-likeness (QED) is 0.300. The number of pyridine rings is 1. The van der Waals surface area contributed by atoms with Crippen LogP contribution in [-0.2, 0) is 0 Å². The molecule has 5 rings (SSSR count). The molecule has 0 unspecified atom stereocenters. The second-order valence-corrected chi connectivity index (χ2v) is 7.46. The van der Waals surface area contributed by atoms with E-state index in [4.69, 9.17) is 4.52 Å². The van der Waals surface area contributed by atoms with Gasteiger partial charge in [-0.2, -0.15) is 0 Å². The lowest BCUT2D eigenvalue weighted by molar-refractivity contribution is 0.0955. The lowest BCUT2D eigenvalue weighted by Crippen LogP contribution is -2.28. The van der Waals surface area contributed by atoms with Crippen LogP contribution >= 0.6 is 0 Å². The van der Waals surface area contributed by atoms with E-state index in [1.807, 2.05) is 54.6 Å². The van der Waals surface area contributed by atoms with Crippen LogP contribution < -0.4 is 16.0 Å². The zero-order valence-corrected chi connectivity index (χ0v) is 18.1. The maximum atomic E-state index is 12.7. The molecule has 0 spiro atoms. The van der Waals surface area contributed by atoms with Gasteiger partial charge in [0.2, 0.25) is 0 Å². The van der Waals surface area contributed by atoms with Gasteiger partial charge in [0.15, 0.2) is 11.6 Å². The molecular formula is C25H21N7O2. The molecule has 168 valence electrons. The molecule has 3 aromatic heterocycles. The molecule has 3 heterocycles. The average molecular weight is 451 g/mol. The fourth-order valence-electron chi connectivity index (χ4n) is 3.43. The predicted octanol–water partition coefficient (Wildman–Crippen LogP) is 4.27. The van der Waals surface area contributed by atoms with Crippen LogP contribution in [0.2, 0.25) is 0 Å². The third kappa shape index (κ3) is 4.83. The van der Waals surface area contributed by atoms with Crippen LogP contribution in [0, 0.1) is 0 Å². The number of fused-ring (bicyclic) bond motifs is 1. The van der Waals surface area contributed by atoms with Crippen molar-refractivity contribution in [2.75, 3.05) is 23.7 Å². The second-order valence-electron chi connectivity index (χ2n) is 7.46. The number of benzene rings is 2. The monoisotopic (exact) mass is 451 g/mol. The summed E-state index contributed by atoms with van der Waals surface area (Å²) in [5.41, 5.74) is 3.04. The van der Waals surface area contributed by atoms with E-state index in [0.29, 0.717) is 41.6 Å². The standard InChI is InChI=1S/C25H21N7O2/c33-25(18-6-7-21-20(16-18)24(34-32-21)17-4-2-1-3-5-17)28-15-14-27-22-8-9-23(31-30-22)29-19-10-12-26-13-11-19/h1-13,16H,14-15H2,(H,27,30)(H,28,33)(H,26,29,31). The SMILES string of the molecule is O=C(NCCNc1ccc(Nc2ccncc2)nn1)c1ccc2noc(-c3ccccc3)c2c1. The highest BCUT2D eigenvalue weighted by molar-refractivity contribution is 6.01. The zero-order valence-electron chi connectivity index (χ0n) is 18.1. The Morgan fingerprint density at radius 3 is 2.44 bits per heavy atom. The molecule has 9 nitrogen and oxygen atoms in total. The van der Waals surface area contributed by atoms with Gasteiger partial charge < -0.3 is 20.5 Å². The molecule has 0 saturated carbocycles. The molecular weight excluding hydrogens is 430 g/mol. The Balaban J connectivity index is 1.15. The van der Waals surface area contributed by atoms with Crippen LogP contribution in [0.25, 0.3) is 22.2 Å². The van der Waals surface area contributed by atoms with E-state index in [2.05, 4.69) is 36.3 Å². The third-order valence-corrected chi connectivity index (χ3v) is 5.11. The van der Waals surface area contributed by atoms with Gasteiger partial charge in [-0.05, 0) is 42.5 Å². The van der Waals surface area contributed by atoms with Gasteiger partial charge in [-0.25, -0.2) is 0 Å². The van der Waals surface area contributed by atoms with Crippen LogP contribution in [0.5, 0.6) is 0 Å². The zero-order chi connectivity index (χ0) is 23.2. The van der Waals surface area contributed by atoms with Gasteiger partial charge in [-0.15, -0.1) is 10.2 Å². The average Bonchev–Trinajstić information content (AvgIpc) is 3.32. The molecule has 0 saturated heterocycles. The number of anilines is 3. The fourth-order valence-corrected chi connectivity index (χ4v) is 3.43. The first kappa shape index (κ1) is 21.1. The smallest absolute Gasteiger partial charge is 0.251 e. The number of amides is 1. The molecule has 2 aromatic carbocycles. The number of hydrogen-bond acceptors (Lipinski definition) is 8. The Morgan fingerprint density at radius 1 is 0.853 bits per heavy atom. The van der Waals surface area contributed by atoms with Crippen molar-refractivity contribution in [3.63, 3.8) is 0 Å². The molecule has 0 aliphatic carbocycles. The molecule has 0 radical (unpaired) electrons. The predicted molar refractivity (Wildman–Crippen MR) is 130 cm³/mol. The van der Waals surface area contributed by atoms with Gasteiger partial charge in [0, 0.05) is 42.3 Å². The summed E-state index contributed by atoms with van der Waals surface area (Å²) in [5.74, 6) is 1.72. The highest BCUT2D eigenvalue weighted by Crippen LogP contribution is 2.29. The van der Waals surface area contributed by atoms with E-state index in [-0.39, 0.29) is 5.91 Å². The van der Waals surface area contributed by atoms with Gasteiger partial charge in [-0.3, -0.25) is 9.78 Å². The van der Waals surface area contributed by atoms with Crippen LogP contribution in [0.15, 0.2) is 89.7 Å². The first-order valence-corrected chi connectivity index (χ1v) is 10.7. The number of nitrogens with one attached hydrogen (secondary N) is 3. The fraction of sp³-hybridized carbons (Fsp3) is 0.0800. The number of nitrogens with zero attached hydrogens (tertiary/aromatic N) is 4. The molecule has 0 fully saturated rings. The first-order chi connectivity index (χ1) is 16.8. The molecule has 9 heteroatoms. The van der Waals surface area contributed by atoms with Gasteiger partial charge in [-0.1, -0.05) is 35.5 Å². The Kier molecular flexibility index (Phi) is 6.06. The molecule has 34 heavy (non-hydrogen) atoms. The molecule has 1 amide bonds. The second kappa shape index (κ2) is 9.78. The van der Waals surface area contributed by atoms with Gasteiger partial charge in [0.25, 0.3) is 5.91 Å². The minimum Gasteiger partial charge on any atom is -0.367 e. The van der Waals surface area contributed by atoms with Crippen molar-refractivity contribution in [3.8, 4) is 11.3 Å². The highest BCUT2D eigenvalue weighted by atomic mass is 16.5. The van der Waals surface area contributed by atoms with Crippen molar-refractivity contribution in [1.29, 1.82) is 0 Å². The molecule has 0 aliphatic rings. The molecule has 0 atom stereocenters. The molecule has 0 bridgehead atoms. The summed E-state index contributed by atoms with van der Waals surface area (Å²) in [4.78, 5) is 16.6. The Hall–Kier alpha value is -4.79. The first-order valence-electron chi connectivity index (χ1n) is 10.7. The summed E-state index contributed by atoms with van der Waals surface area (Å²) in [5, 5.41) is 22.4. The number of carbonyl (C=O) groups excluding carboxylic acids is 1. The van der Waals surface area contributed by atoms with Crippen molar-refractivity contribution in [2.24, 2.45) is 0 Å². The number of carbonyl (C=O) groups is 1. The maximum Gasteiger partial charge on any atom is 0.251 e. The topological polar surface area (TPSA) is 118 Å². The van der Waals surface area contributed by atoms with Crippen LogP contribution in [-0.4, -0.2) is 39.3 Å². The Labute approximate surface area is 195 Å². The maximum absolute atomic E-state index is 12.7. The lowest BCUT2D eigenvalue weighted by Gasteiger charge is -2.08. The van der Waals surface area contributed by atoms with Gasteiger partial charge in [0.05, 0.1) is 5.39 Å². The summed E-state index contributed by atoms with van der Waals surface area (Å²) in [6, 6.07) is 22.4. The summed E-state index contributed by atoms with van der Waals surface area (Å²) < 4.78 is 5.51. The minimum absolute atomic E-state index is 0.174. The van der Waals surface area contributed by atoms with E-state index in [1.165, 1.54) is 0 Å². The summed E-state index contributed by atoms with van der Waals surface area (Å²) in [6.07, 6.45) is 3.40. The summed E-state index contributed by atoms with van der Waals surface area (Å²) in [7, 11) is 0. The molecule has 3 N–H and O–H groups in total. The van der Waals surface area contributed by atoms with Crippen molar-refractivity contribution in [3.05, 3.63) is 90.8 Å². The molecule has 5 aromatic rings. The van der Waals surface area contributed by atoms with Crippen molar-refractivity contribution >= 4 is 34.1 Å². The van der Waals surface area contributed by atoms with E-state index in [9.17, 15) is 4.79 Å². The minimum atomic E-state index is -0.174. The number of hydrogen-bond donors (Lipinski definition) is 3. The van der Waals surface area contributed by atoms with E-state index in [1.54, 1.807) is 30.6 Å². The Bertz CT molecular complexity index is 1390. The van der Waals surface area contributed by atoms with Crippen LogP contribution in [0.1, 0.15) is 10.4 Å². The van der Waals surface area contributed by atoms with E-state index >= 15 is 0 Å². The number of rotatable bonds is 8. The third-order valence-electron chi connectivity index (χ3n) is 5.11. The van der Waals surface area contributed by atoms with Gasteiger partial charge in [0.1, 0.15) is 11.3 Å². The normalized spacial score (nSPS) is 10.7. The van der Waals surface area contributed by atoms with Crippen LogP contribution in [0.4, 0.5) is 17.3 Å². The van der Waals surface area contributed by atoms with Crippen molar-refractivity contribution < 1.29 is 9.32 Å². The van der Waals surface area contributed by atoms with Crippen molar-refractivity contribution in [2.45, 2.75) is 0 Å². The summed E-state index contributed by atoms with van der Waals surface area (Å²) >= 11 is 0. The van der Waals surface area contributed by atoms with Crippen LogP contribution in [0.3, 0.4) is 0 Å². The highest BCUT2D eigenvalue weighted by Gasteiger charge is 2.13. The van der Waals surface area contributed by atoms with E-state index in [0.717, 1.165) is 16.6 Å². The van der Waals surface area contributed by atoms with Gasteiger partial charge >= 0.3 is 0 Å².